The third-order valence-corrected chi connectivity index (χ3v) is 3.89. The van der Waals surface area contributed by atoms with Crippen LogP contribution in [0.5, 0.6) is 5.88 Å². The first-order valence-electron chi connectivity index (χ1n) is 6.32. The summed E-state index contributed by atoms with van der Waals surface area (Å²) in [4.78, 5) is 10.6. The third-order valence-electron chi connectivity index (χ3n) is 3.89. The average molecular weight is 250 g/mol. The minimum absolute atomic E-state index is 0.181. The van der Waals surface area contributed by atoms with Gasteiger partial charge in [0.2, 0.25) is 11.8 Å². The number of hydrogen-bond acceptors (Lipinski definition) is 6. The molecule has 98 valence electrons. The molecule has 0 radical (unpaired) electrons. The first-order chi connectivity index (χ1) is 8.67. The van der Waals surface area contributed by atoms with Crippen LogP contribution in [-0.2, 0) is 0 Å². The van der Waals surface area contributed by atoms with Gasteiger partial charge in [0.25, 0.3) is 0 Å². The summed E-state index contributed by atoms with van der Waals surface area (Å²) in [6.07, 6.45) is 3.65. The minimum atomic E-state index is -0.181. The van der Waals surface area contributed by atoms with Crippen LogP contribution in [0.3, 0.4) is 0 Å². The van der Waals surface area contributed by atoms with Crippen LogP contribution in [-0.4, -0.2) is 40.4 Å². The molecule has 0 spiro atoms. The third kappa shape index (κ3) is 1.86. The maximum atomic E-state index is 9.80. The molecule has 6 heteroatoms. The lowest BCUT2D eigenvalue weighted by Crippen LogP contribution is -2.45. The van der Waals surface area contributed by atoms with E-state index in [4.69, 9.17) is 10.5 Å². The zero-order valence-electron chi connectivity index (χ0n) is 10.4. The van der Waals surface area contributed by atoms with Crippen molar-refractivity contribution in [1.82, 2.24) is 9.97 Å². The lowest BCUT2D eigenvalue weighted by atomic mass is 10.00. The highest BCUT2D eigenvalue weighted by Gasteiger charge is 2.41. The van der Waals surface area contributed by atoms with Crippen molar-refractivity contribution in [1.29, 1.82) is 0 Å². The number of methoxy groups -OCH3 is 1. The molecule has 2 aliphatic heterocycles. The summed E-state index contributed by atoms with van der Waals surface area (Å²) in [6.45, 7) is 0. The number of nitrogen functional groups attached to an aromatic ring is 1. The van der Waals surface area contributed by atoms with Crippen LogP contribution < -0.4 is 15.4 Å². The van der Waals surface area contributed by atoms with Crippen molar-refractivity contribution >= 4 is 11.8 Å². The minimum Gasteiger partial charge on any atom is -0.481 e. The number of nitrogens with zero attached hydrogens (tertiary/aromatic N) is 3. The van der Waals surface area contributed by atoms with E-state index in [9.17, 15) is 5.11 Å². The van der Waals surface area contributed by atoms with E-state index in [2.05, 4.69) is 14.9 Å². The van der Waals surface area contributed by atoms with Gasteiger partial charge in [0.1, 0.15) is 5.82 Å². The van der Waals surface area contributed by atoms with E-state index in [1.807, 2.05) is 6.07 Å². The van der Waals surface area contributed by atoms with Gasteiger partial charge < -0.3 is 20.5 Å². The molecule has 1 aromatic heterocycles. The van der Waals surface area contributed by atoms with E-state index in [-0.39, 0.29) is 12.1 Å². The Morgan fingerprint density at radius 1 is 1.33 bits per heavy atom. The van der Waals surface area contributed by atoms with Crippen molar-refractivity contribution in [3.8, 4) is 5.88 Å². The van der Waals surface area contributed by atoms with Crippen molar-refractivity contribution in [2.24, 2.45) is 0 Å². The fourth-order valence-corrected chi connectivity index (χ4v) is 3.19. The van der Waals surface area contributed by atoms with E-state index in [0.29, 0.717) is 18.0 Å². The number of hydrogen-bond donors (Lipinski definition) is 2. The van der Waals surface area contributed by atoms with E-state index in [0.717, 1.165) is 31.5 Å². The molecule has 2 bridgehead atoms. The first-order valence-corrected chi connectivity index (χ1v) is 6.32. The molecule has 2 aliphatic rings. The SMILES string of the molecule is COc1cc(N2C3CCC2CC(O)C3)nc(N)n1. The molecule has 2 unspecified atom stereocenters. The molecule has 2 fully saturated rings. The lowest BCUT2D eigenvalue weighted by molar-refractivity contribution is 0.126. The molecule has 0 saturated carbocycles. The van der Waals surface area contributed by atoms with E-state index >= 15 is 0 Å². The molecule has 3 rings (SSSR count). The molecule has 6 nitrogen and oxygen atoms in total. The van der Waals surface area contributed by atoms with Gasteiger partial charge in [-0.1, -0.05) is 0 Å². The average Bonchev–Trinajstić information content (AvgIpc) is 2.61. The summed E-state index contributed by atoms with van der Waals surface area (Å²) in [5.41, 5.74) is 5.70. The Hall–Kier alpha value is -1.56. The van der Waals surface area contributed by atoms with Gasteiger partial charge in [-0.3, -0.25) is 0 Å². The van der Waals surface area contributed by atoms with Crippen LogP contribution in [0.15, 0.2) is 6.07 Å². The highest BCUT2D eigenvalue weighted by atomic mass is 16.5. The standard InChI is InChI=1S/C12H18N4O2/c1-18-11-6-10(14-12(13)15-11)16-7-2-3-8(16)5-9(17)4-7/h6-9,17H,2-5H2,1H3,(H2,13,14,15). The Balaban J connectivity index is 1.93. The number of aliphatic hydroxyl groups excluding tert-OH is 1. The maximum Gasteiger partial charge on any atom is 0.225 e. The second-order valence-corrected chi connectivity index (χ2v) is 5.04. The fourth-order valence-electron chi connectivity index (χ4n) is 3.19. The smallest absolute Gasteiger partial charge is 0.225 e. The van der Waals surface area contributed by atoms with Crippen molar-refractivity contribution in [3.05, 3.63) is 6.07 Å². The topological polar surface area (TPSA) is 84.5 Å². The fraction of sp³-hybridized carbons (Fsp3) is 0.667. The molecule has 3 heterocycles. The van der Waals surface area contributed by atoms with Gasteiger partial charge in [0, 0.05) is 18.2 Å². The first kappa shape index (κ1) is 11.5. The number of ether oxygens (including phenoxy) is 1. The van der Waals surface area contributed by atoms with Crippen molar-refractivity contribution in [3.63, 3.8) is 0 Å². The summed E-state index contributed by atoms with van der Waals surface area (Å²) < 4.78 is 5.13. The number of anilines is 2. The number of aliphatic hydroxyl groups is 1. The number of nitrogens with two attached hydrogens (primary N) is 1. The van der Waals surface area contributed by atoms with Crippen LogP contribution in [0.4, 0.5) is 11.8 Å². The predicted molar refractivity (Wildman–Crippen MR) is 67.5 cm³/mol. The molecule has 18 heavy (non-hydrogen) atoms. The van der Waals surface area contributed by atoms with Gasteiger partial charge in [0.15, 0.2) is 0 Å². The zero-order valence-corrected chi connectivity index (χ0v) is 10.4. The Morgan fingerprint density at radius 2 is 2.00 bits per heavy atom. The maximum absolute atomic E-state index is 9.80. The number of piperidine rings is 1. The molecule has 2 atom stereocenters. The summed E-state index contributed by atoms with van der Waals surface area (Å²) in [5.74, 6) is 1.54. The summed E-state index contributed by atoms with van der Waals surface area (Å²) in [6, 6.07) is 2.54. The summed E-state index contributed by atoms with van der Waals surface area (Å²) in [5, 5.41) is 9.80. The predicted octanol–water partition coefficient (Wildman–Crippen LogP) is 0.559. The Labute approximate surface area is 106 Å². The van der Waals surface area contributed by atoms with Gasteiger partial charge in [-0.25, -0.2) is 0 Å². The molecule has 0 aromatic carbocycles. The highest BCUT2D eigenvalue weighted by molar-refractivity contribution is 5.49. The van der Waals surface area contributed by atoms with Crippen LogP contribution >= 0.6 is 0 Å². The van der Waals surface area contributed by atoms with Crippen LogP contribution in [0.2, 0.25) is 0 Å². The van der Waals surface area contributed by atoms with E-state index < -0.39 is 0 Å². The molecule has 1 aromatic rings. The van der Waals surface area contributed by atoms with Crippen molar-refractivity contribution in [2.45, 2.75) is 43.9 Å². The largest absolute Gasteiger partial charge is 0.481 e. The van der Waals surface area contributed by atoms with Gasteiger partial charge in [0.05, 0.1) is 13.2 Å². The molecule has 0 amide bonds. The molecular weight excluding hydrogens is 232 g/mol. The van der Waals surface area contributed by atoms with Gasteiger partial charge >= 0.3 is 0 Å². The van der Waals surface area contributed by atoms with Crippen LogP contribution in [0.25, 0.3) is 0 Å². The van der Waals surface area contributed by atoms with Gasteiger partial charge in [-0.2, -0.15) is 9.97 Å². The Bertz CT molecular complexity index is 440. The van der Waals surface area contributed by atoms with Crippen molar-refractivity contribution < 1.29 is 9.84 Å². The zero-order chi connectivity index (χ0) is 12.7. The lowest BCUT2D eigenvalue weighted by Gasteiger charge is -2.38. The van der Waals surface area contributed by atoms with Crippen molar-refractivity contribution in [2.75, 3.05) is 17.7 Å². The van der Waals surface area contributed by atoms with Crippen LogP contribution in [0, 0.1) is 0 Å². The number of aromatic nitrogens is 2. The monoisotopic (exact) mass is 250 g/mol. The van der Waals surface area contributed by atoms with Crippen LogP contribution in [0.1, 0.15) is 25.7 Å². The Kier molecular flexibility index (Phi) is 2.74. The second-order valence-electron chi connectivity index (χ2n) is 5.04. The van der Waals surface area contributed by atoms with E-state index in [1.54, 1.807) is 7.11 Å². The molecule has 2 saturated heterocycles. The Morgan fingerprint density at radius 3 is 2.61 bits per heavy atom. The molecule has 3 N–H and O–H groups in total. The van der Waals surface area contributed by atoms with E-state index in [1.165, 1.54) is 0 Å². The highest BCUT2D eigenvalue weighted by Crippen LogP contribution is 2.39. The molecular formula is C12H18N4O2. The summed E-state index contributed by atoms with van der Waals surface area (Å²) >= 11 is 0. The second kappa shape index (κ2) is 4.28. The number of rotatable bonds is 2. The summed E-state index contributed by atoms with van der Waals surface area (Å²) in [7, 11) is 1.57. The quantitative estimate of drug-likeness (QED) is 0.798. The number of fused-ring (bicyclic) bond motifs is 2. The van der Waals surface area contributed by atoms with Gasteiger partial charge in [-0.05, 0) is 25.7 Å². The van der Waals surface area contributed by atoms with Gasteiger partial charge in [-0.15, -0.1) is 0 Å². The normalized spacial score (nSPS) is 30.6. The molecule has 0 aliphatic carbocycles.